The number of nitrogens with zero attached hydrogens (tertiary/aromatic N) is 2. The number of nitrogens with two attached hydrogens (primary N) is 1. The molecule has 9 heteroatoms. The monoisotopic (exact) mass is 205 g/mol. The van der Waals surface area contributed by atoms with E-state index in [9.17, 15) is 14.9 Å². The molecule has 0 radical (unpaired) electrons. The summed E-state index contributed by atoms with van der Waals surface area (Å²) < 4.78 is 0. The van der Waals surface area contributed by atoms with E-state index in [0.717, 1.165) is 0 Å². The molecule has 0 fully saturated rings. The topological polar surface area (TPSA) is 127 Å². The Morgan fingerprint density at radius 2 is 2.38 bits per heavy atom. The van der Waals surface area contributed by atoms with Crippen molar-refractivity contribution in [3.8, 4) is 0 Å². The molecule has 0 aliphatic carbocycles. The summed E-state index contributed by atoms with van der Waals surface area (Å²) in [5.74, 6) is 3.44. The Morgan fingerprint density at radius 3 is 2.77 bits per heavy atom. The average Bonchev–Trinajstić information content (AvgIpc) is 2.46. The molecule has 0 aliphatic rings. The third-order valence-electron chi connectivity index (χ3n) is 1.22. The zero-order valence-electron chi connectivity index (χ0n) is 6.07. The van der Waals surface area contributed by atoms with E-state index in [2.05, 4.69) is 5.10 Å². The van der Waals surface area contributed by atoms with Crippen molar-refractivity contribution in [3.05, 3.63) is 20.8 Å². The maximum absolute atomic E-state index is 10.8. The van der Waals surface area contributed by atoms with Crippen LogP contribution in [-0.4, -0.2) is 21.0 Å². The van der Waals surface area contributed by atoms with Crippen LogP contribution in [-0.2, 0) is 0 Å². The number of amides is 1. The number of hydrogen-bond acceptors (Lipinski definition) is 5. The van der Waals surface area contributed by atoms with Crippen LogP contribution in [0.4, 0.5) is 5.82 Å². The quantitative estimate of drug-likeness (QED) is 0.261. The second kappa shape index (κ2) is 3.37. The first-order valence-electron chi connectivity index (χ1n) is 2.97. The van der Waals surface area contributed by atoms with Crippen LogP contribution in [0.2, 0.25) is 5.02 Å². The number of carbonyl (C=O) groups excluding carboxylic acids is 1. The zero-order valence-corrected chi connectivity index (χ0v) is 6.83. The van der Waals surface area contributed by atoms with Crippen LogP contribution in [0.5, 0.6) is 0 Å². The van der Waals surface area contributed by atoms with Crippen LogP contribution in [0, 0.1) is 10.1 Å². The van der Waals surface area contributed by atoms with Gasteiger partial charge in [0.1, 0.15) is 0 Å². The van der Waals surface area contributed by atoms with Crippen molar-refractivity contribution in [2.45, 2.75) is 0 Å². The molecule has 1 amide bonds. The maximum Gasteiger partial charge on any atom is 0.362 e. The molecule has 70 valence electrons. The Hall–Kier alpha value is -1.67. The Labute approximate surface area is 76.2 Å². The number of rotatable bonds is 2. The maximum atomic E-state index is 10.8. The molecule has 0 aliphatic heterocycles. The Morgan fingerprint density at radius 1 is 1.77 bits per heavy atom. The molecule has 0 saturated heterocycles. The molecule has 0 atom stereocenters. The SMILES string of the molecule is NNC(=O)c1n[nH]c([N+](=O)[O-])c1Cl. The minimum Gasteiger partial charge on any atom is -0.358 e. The predicted molar refractivity (Wildman–Crippen MR) is 41.9 cm³/mol. The second-order valence-corrected chi connectivity index (χ2v) is 2.34. The van der Waals surface area contributed by atoms with Gasteiger partial charge in [0.2, 0.25) is 0 Å². The molecule has 1 heterocycles. The van der Waals surface area contributed by atoms with Gasteiger partial charge in [-0.2, -0.15) is 0 Å². The number of nitro groups is 1. The summed E-state index contributed by atoms with van der Waals surface area (Å²) >= 11 is 5.44. The highest BCUT2D eigenvalue weighted by Crippen LogP contribution is 2.24. The molecule has 1 aromatic rings. The standard InChI is InChI=1S/C4H4ClN5O3/c5-1-2(4(11)7-6)8-9-3(1)10(12)13/h6H2,(H,7,11)(H,8,9). The molecule has 0 spiro atoms. The highest BCUT2D eigenvalue weighted by Gasteiger charge is 2.24. The number of hydrazine groups is 1. The highest BCUT2D eigenvalue weighted by atomic mass is 35.5. The summed E-state index contributed by atoms with van der Waals surface area (Å²) in [4.78, 5) is 20.3. The van der Waals surface area contributed by atoms with Gasteiger partial charge in [-0.25, -0.2) is 5.84 Å². The van der Waals surface area contributed by atoms with Crippen LogP contribution < -0.4 is 11.3 Å². The molecule has 1 aromatic heterocycles. The van der Waals surface area contributed by atoms with Crippen molar-refractivity contribution < 1.29 is 9.72 Å². The summed E-state index contributed by atoms with van der Waals surface area (Å²) in [6.07, 6.45) is 0. The summed E-state index contributed by atoms with van der Waals surface area (Å²) in [6, 6.07) is 0. The van der Waals surface area contributed by atoms with E-state index in [4.69, 9.17) is 17.4 Å². The second-order valence-electron chi connectivity index (χ2n) is 1.97. The molecule has 0 saturated carbocycles. The van der Waals surface area contributed by atoms with Gasteiger partial charge in [-0.1, -0.05) is 16.7 Å². The van der Waals surface area contributed by atoms with E-state index < -0.39 is 16.6 Å². The van der Waals surface area contributed by atoms with Gasteiger partial charge in [-0.05, 0) is 4.92 Å². The lowest BCUT2D eigenvalue weighted by molar-refractivity contribution is -0.389. The van der Waals surface area contributed by atoms with E-state index in [1.807, 2.05) is 5.10 Å². The number of hydrogen-bond donors (Lipinski definition) is 3. The Bertz CT molecular complexity index is 361. The van der Waals surface area contributed by atoms with Gasteiger partial charge in [-0.15, -0.1) is 5.10 Å². The van der Waals surface area contributed by atoms with Gasteiger partial charge >= 0.3 is 5.82 Å². The summed E-state index contributed by atoms with van der Waals surface area (Å²) in [5.41, 5.74) is 1.44. The van der Waals surface area contributed by atoms with Crippen LogP contribution in [0.3, 0.4) is 0 Å². The molecule has 8 nitrogen and oxygen atoms in total. The van der Waals surface area contributed by atoms with Crippen LogP contribution in [0.15, 0.2) is 0 Å². The zero-order chi connectivity index (χ0) is 10.0. The molecule has 0 bridgehead atoms. The van der Waals surface area contributed by atoms with Gasteiger partial charge in [0.05, 0.1) is 0 Å². The first-order chi connectivity index (χ1) is 6.07. The normalized spacial score (nSPS) is 9.69. The van der Waals surface area contributed by atoms with E-state index in [0.29, 0.717) is 0 Å². The molecule has 4 N–H and O–H groups in total. The van der Waals surface area contributed by atoms with Crippen molar-refractivity contribution in [1.29, 1.82) is 0 Å². The van der Waals surface area contributed by atoms with Gasteiger partial charge in [-0.3, -0.25) is 10.2 Å². The highest BCUT2D eigenvalue weighted by molar-refractivity contribution is 6.35. The third-order valence-corrected chi connectivity index (χ3v) is 1.58. The van der Waals surface area contributed by atoms with E-state index in [1.165, 1.54) is 0 Å². The lowest BCUT2D eigenvalue weighted by Gasteiger charge is -1.92. The van der Waals surface area contributed by atoms with Gasteiger partial charge in [0.15, 0.2) is 10.7 Å². The van der Waals surface area contributed by atoms with E-state index >= 15 is 0 Å². The Balaban J connectivity index is 3.13. The fourth-order valence-corrected chi connectivity index (χ4v) is 0.898. The number of H-pyrrole nitrogens is 1. The lowest BCUT2D eigenvalue weighted by atomic mass is 10.4. The van der Waals surface area contributed by atoms with Crippen LogP contribution in [0.25, 0.3) is 0 Å². The summed E-state index contributed by atoms with van der Waals surface area (Å²) in [5, 5.41) is 15.2. The van der Waals surface area contributed by atoms with Crippen molar-refractivity contribution in [2.75, 3.05) is 0 Å². The number of aromatic amines is 1. The van der Waals surface area contributed by atoms with Crippen molar-refractivity contribution in [3.63, 3.8) is 0 Å². The number of carbonyl (C=O) groups is 1. The van der Waals surface area contributed by atoms with Gasteiger partial charge < -0.3 is 10.1 Å². The smallest absolute Gasteiger partial charge is 0.358 e. The Kier molecular flexibility index (Phi) is 2.44. The first-order valence-corrected chi connectivity index (χ1v) is 3.35. The molecule has 0 aromatic carbocycles. The van der Waals surface area contributed by atoms with Crippen LogP contribution in [0.1, 0.15) is 10.5 Å². The number of aromatic nitrogens is 2. The number of nitrogen functional groups attached to an aromatic ring is 1. The molecular weight excluding hydrogens is 202 g/mol. The third kappa shape index (κ3) is 1.58. The first kappa shape index (κ1) is 9.42. The number of halogens is 1. The summed E-state index contributed by atoms with van der Waals surface area (Å²) in [7, 11) is 0. The minimum absolute atomic E-state index is 0.309. The fraction of sp³-hybridized carbons (Fsp3) is 0. The fourth-order valence-electron chi connectivity index (χ4n) is 0.659. The average molecular weight is 206 g/mol. The largest absolute Gasteiger partial charge is 0.362 e. The summed E-state index contributed by atoms with van der Waals surface area (Å²) in [6.45, 7) is 0. The molecule has 1 rings (SSSR count). The lowest BCUT2D eigenvalue weighted by Crippen LogP contribution is -2.30. The van der Waals surface area contributed by atoms with E-state index in [1.54, 1.807) is 5.43 Å². The van der Waals surface area contributed by atoms with E-state index in [-0.39, 0.29) is 10.7 Å². The van der Waals surface area contributed by atoms with Gasteiger partial charge in [0.25, 0.3) is 5.91 Å². The molecule has 0 unspecified atom stereocenters. The minimum atomic E-state index is -0.797. The van der Waals surface area contributed by atoms with Crippen LogP contribution >= 0.6 is 11.6 Å². The predicted octanol–water partition coefficient (Wildman–Crippen LogP) is -0.425. The molecule has 13 heavy (non-hydrogen) atoms. The number of nitrogens with one attached hydrogen (secondary N) is 2. The molecular formula is C4H4ClN5O3. The van der Waals surface area contributed by atoms with Crippen molar-refractivity contribution in [1.82, 2.24) is 15.6 Å². The van der Waals surface area contributed by atoms with Crippen molar-refractivity contribution in [2.24, 2.45) is 5.84 Å². The van der Waals surface area contributed by atoms with Gasteiger partial charge in [0, 0.05) is 0 Å². The van der Waals surface area contributed by atoms with Crippen molar-refractivity contribution >= 4 is 23.3 Å².